The third kappa shape index (κ3) is 4.00. The molecule has 104 valence electrons. The second kappa shape index (κ2) is 6.76. The summed E-state index contributed by atoms with van der Waals surface area (Å²) in [4.78, 5) is 24.8. The van der Waals surface area contributed by atoms with Gasteiger partial charge < -0.3 is 10.0 Å². The van der Waals surface area contributed by atoms with Crippen LogP contribution in [0.2, 0.25) is 0 Å². The molecule has 0 heterocycles. The number of carbonyl (C=O) groups excluding carboxylic acids is 1. The number of carbonyl (C=O) groups is 2. The van der Waals surface area contributed by atoms with Gasteiger partial charge in [0.1, 0.15) is 5.92 Å². The van der Waals surface area contributed by atoms with Crippen LogP contribution in [-0.4, -0.2) is 35.5 Å². The minimum Gasteiger partial charge on any atom is -0.481 e. The molecule has 0 aromatic heterocycles. The lowest BCUT2D eigenvalue weighted by Gasteiger charge is -2.24. The molecule has 1 aliphatic rings. The summed E-state index contributed by atoms with van der Waals surface area (Å²) in [6, 6.07) is 0. The van der Waals surface area contributed by atoms with E-state index >= 15 is 0 Å². The molecular formula is C14H25NO3. The van der Waals surface area contributed by atoms with E-state index in [0.29, 0.717) is 6.54 Å². The van der Waals surface area contributed by atoms with Crippen molar-refractivity contribution >= 4 is 11.9 Å². The molecule has 1 atom stereocenters. The van der Waals surface area contributed by atoms with Crippen LogP contribution >= 0.6 is 0 Å². The van der Waals surface area contributed by atoms with Gasteiger partial charge in [0.2, 0.25) is 5.91 Å². The molecule has 4 heteroatoms. The topological polar surface area (TPSA) is 57.6 Å². The van der Waals surface area contributed by atoms with Gasteiger partial charge in [-0.25, -0.2) is 0 Å². The molecule has 1 N–H and O–H groups in total. The molecule has 0 bridgehead atoms. The van der Waals surface area contributed by atoms with E-state index in [1.165, 1.54) is 25.7 Å². The number of hydrogen-bond acceptors (Lipinski definition) is 2. The molecule has 1 saturated carbocycles. The monoisotopic (exact) mass is 255 g/mol. The number of amides is 1. The van der Waals surface area contributed by atoms with Crippen LogP contribution in [0.1, 0.15) is 46.0 Å². The lowest BCUT2D eigenvalue weighted by molar-refractivity contribution is -0.152. The molecule has 1 aliphatic carbocycles. The van der Waals surface area contributed by atoms with Gasteiger partial charge >= 0.3 is 5.97 Å². The highest BCUT2D eigenvalue weighted by Gasteiger charge is 2.32. The van der Waals surface area contributed by atoms with Crippen LogP contribution in [0.3, 0.4) is 0 Å². The van der Waals surface area contributed by atoms with Crippen molar-refractivity contribution in [2.24, 2.45) is 17.8 Å². The average molecular weight is 255 g/mol. The molecule has 18 heavy (non-hydrogen) atoms. The van der Waals surface area contributed by atoms with Gasteiger partial charge in [-0.2, -0.15) is 0 Å². The Hall–Kier alpha value is -1.06. The third-order valence-corrected chi connectivity index (χ3v) is 3.92. The Balaban J connectivity index is 2.45. The number of rotatable bonds is 6. The first-order valence-corrected chi connectivity index (χ1v) is 6.91. The Morgan fingerprint density at radius 2 is 1.83 bits per heavy atom. The highest BCUT2D eigenvalue weighted by molar-refractivity contribution is 5.97. The lowest BCUT2D eigenvalue weighted by atomic mass is 9.94. The van der Waals surface area contributed by atoms with Crippen LogP contribution in [-0.2, 0) is 9.59 Å². The number of nitrogens with zero attached hydrogens (tertiary/aromatic N) is 1. The predicted molar refractivity (Wildman–Crippen MR) is 70.2 cm³/mol. The molecule has 0 aromatic rings. The van der Waals surface area contributed by atoms with Gasteiger partial charge in [0.15, 0.2) is 0 Å². The van der Waals surface area contributed by atoms with Gasteiger partial charge in [-0.15, -0.1) is 0 Å². The van der Waals surface area contributed by atoms with Gasteiger partial charge in [-0.1, -0.05) is 39.5 Å². The second-order valence-corrected chi connectivity index (χ2v) is 5.76. The summed E-state index contributed by atoms with van der Waals surface area (Å²) >= 11 is 0. The van der Waals surface area contributed by atoms with E-state index in [1.54, 1.807) is 25.8 Å². The fourth-order valence-electron chi connectivity index (χ4n) is 2.70. The van der Waals surface area contributed by atoms with E-state index in [9.17, 15) is 9.59 Å². The van der Waals surface area contributed by atoms with Gasteiger partial charge in [-0.05, 0) is 18.3 Å². The Labute approximate surface area is 109 Å². The van der Waals surface area contributed by atoms with E-state index in [-0.39, 0.29) is 11.8 Å². The Bertz CT molecular complexity index is 295. The Morgan fingerprint density at radius 3 is 2.28 bits per heavy atom. The minimum absolute atomic E-state index is 0.163. The van der Waals surface area contributed by atoms with Gasteiger partial charge in [0.25, 0.3) is 0 Å². The standard InChI is InChI=1S/C14H25NO3/c1-10(2)12(14(17)18)13(16)15(3)9-8-11-6-4-5-7-11/h10-12H,4-9H2,1-3H3,(H,17,18). The van der Waals surface area contributed by atoms with Gasteiger partial charge in [0.05, 0.1) is 0 Å². The smallest absolute Gasteiger partial charge is 0.316 e. The second-order valence-electron chi connectivity index (χ2n) is 5.76. The van der Waals surface area contributed by atoms with Crippen molar-refractivity contribution in [1.29, 1.82) is 0 Å². The lowest BCUT2D eigenvalue weighted by Crippen LogP contribution is -2.40. The van der Waals surface area contributed by atoms with Crippen molar-refractivity contribution in [3.05, 3.63) is 0 Å². The molecule has 0 spiro atoms. The normalized spacial score (nSPS) is 18.0. The summed E-state index contributed by atoms with van der Waals surface area (Å²) in [6.45, 7) is 4.24. The zero-order valence-corrected chi connectivity index (χ0v) is 11.7. The molecular weight excluding hydrogens is 230 g/mol. The van der Waals surface area contributed by atoms with E-state index in [4.69, 9.17) is 5.11 Å². The van der Waals surface area contributed by atoms with Crippen LogP contribution in [0, 0.1) is 17.8 Å². The Morgan fingerprint density at radius 1 is 1.28 bits per heavy atom. The van der Waals surface area contributed by atoms with Crippen molar-refractivity contribution in [3.63, 3.8) is 0 Å². The van der Waals surface area contributed by atoms with Crippen LogP contribution in [0.4, 0.5) is 0 Å². The van der Waals surface area contributed by atoms with E-state index in [0.717, 1.165) is 12.3 Å². The number of aliphatic carboxylic acids is 1. The summed E-state index contributed by atoms with van der Waals surface area (Å²) < 4.78 is 0. The van der Waals surface area contributed by atoms with Crippen molar-refractivity contribution in [1.82, 2.24) is 4.90 Å². The van der Waals surface area contributed by atoms with Gasteiger partial charge in [-0.3, -0.25) is 9.59 Å². The molecule has 1 fully saturated rings. The molecule has 1 rings (SSSR count). The third-order valence-electron chi connectivity index (χ3n) is 3.92. The summed E-state index contributed by atoms with van der Waals surface area (Å²) in [5, 5.41) is 9.10. The first-order chi connectivity index (χ1) is 8.43. The molecule has 0 aliphatic heterocycles. The van der Waals surface area contributed by atoms with Crippen LogP contribution in [0.25, 0.3) is 0 Å². The van der Waals surface area contributed by atoms with Crippen LogP contribution in [0.15, 0.2) is 0 Å². The Kier molecular flexibility index (Phi) is 5.63. The highest BCUT2D eigenvalue weighted by Crippen LogP contribution is 2.27. The van der Waals surface area contributed by atoms with Crippen molar-refractivity contribution in [3.8, 4) is 0 Å². The fourth-order valence-corrected chi connectivity index (χ4v) is 2.70. The van der Waals surface area contributed by atoms with E-state index in [1.807, 2.05) is 0 Å². The summed E-state index contributed by atoms with van der Waals surface area (Å²) in [5.74, 6) is -1.61. The molecule has 0 aromatic carbocycles. The first-order valence-electron chi connectivity index (χ1n) is 6.91. The summed E-state index contributed by atoms with van der Waals surface area (Å²) in [7, 11) is 1.72. The molecule has 4 nitrogen and oxygen atoms in total. The molecule has 0 saturated heterocycles. The SMILES string of the molecule is CC(C)C(C(=O)O)C(=O)N(C)CCC1CCCC1. The quantitative estimate of drug-likeness (QED) is 0.741. The minimum atomic E-state index is -1.01. The fraction of sp³-hybridized carbons (Fsp3) is 0.857. The molecule has 0 radical (unpaired) electrons. The summed E-state index contributed by atoms with van der Waals surface area (Å²) in [6.07, 6.45) is 6.12. The average Bonchev–Trinajstić information content (AvgIpc) is 2.77. The highest BCUT2D eigenvalue weighted by atomic mass is 16.4. The van der Waals surface area contributed by atoms with Crippen molar-refractivity contribution in [2.45, 2.75) is 46.0 Å². The van der Waals surface area contributed by atoms with Crippen LogP contribution in [0.5, 0.6) is 0 Å². The van der Waals surface area contributed by atoms with E-state index < -0.39 is 11.9 Å². The van der Waals surface area contributed by atoms with E-state index in [2.05, 4.69) is 0 Å². The maximum atomic E-state index is 12.1. The number of carboxylic acids is 1. The predicted octanol–water partition coefficient (Wildman–Crippen LogP) is 2.38. The maximum absolute atomic E-state index is 12.1. The van der Waals surface area contributed by atoms with Crippen molar-refractivity contribution in [2.75, 3.05) is 13.6 Å². The molecule has 1 amide bonds. The zero-order chi connectivity index (χ0) is 13.7. The first kappa shape index (κ1) is 15.0. The molecule has 1 unspecified atom stereocenters. The van der Waals surface area contributed by atoms with Crippen LogP contribution < -0.4 is 0 Å². The number of hydrogen-bond donors (Lipinski definition) is 1. The summed E-state index contributed by atoms with van der Waals surface area (Å²) in [5.41, 5.74) is 0. The largest absolute Gasteiger partial charge is 0.481 e. The maximum Gasteiger partial charge on any atom is 0.316 e. The zero-order valence-electron chi connectivity index (χ0n) is 11.7. The van der Waals surface area contributed by atoms with Crippen molar-refractivity contribution < 1.29 is 14.7 Å². The number of carboxylic acid groups (broad SMARTS) is 1. The van der Waals surface area contributed by atoms with Gasteiger partial charge in [0, 0.05) is 13.6 Å².